The molecule has 0 aliphatic carbocycles. The molecule has 0 saturated carbocycles. The van der Waals surface area contributed by atoms with Crippen molar-refractivity contribution in [3.8, 4) is 0 Å². The summed E-state index contributed by atoms with van der Waals surface area (Å²) in [6.45, 7) is 6.10. The van der Waals surface area contributed by atoms with Gasteiger partial charge in [-0.1, -0.05) is 6.92 Å². The molecule has 0 N–H and O–H groups in total. The van der Waals surface area contributed by atoms with E-state index in [9.17, 15) is 14.4 Å². The van der Waals surface area contributed by atoms with E-state index in [0.717, 1.165) is 46.3 Å². The van der Waals surface area contributed by atoms with E-state index in [2.05, 4.69) is 11.9 Å². The fourth-order valence-electron chi connectivity index (χ4n) is 4.40. The maximum absolute atomic E-state index is 13.2. The molecule has 150 valence electrons. The van der Waals surface area contributed by atoms with Crippen molar-refractivity contribution in [3.05, 3.63) is 27.1 Å². The molecule has 4 heterocycles. The van der Waals surface area contributed by atoms with Crippen molar-refractivity contribution in [3.63, 3.8) is 0 Å². The summed E-state index contributed by atoms with van der Waals surface area (Å²) in [6.07, 6.45) is 5.52. The maximum Gasteiger partial charge on any atom is 0.262 e. The Bertz CT molecular complexity index is 980. The van der Waals surface area contributed by atoms with Gasteiger partial charge in [-0.2, -0.15) is 0 Å². The van der Waals surface area contributed by atoms with E-state index in [4.69, 9.17) is 0 Å². The summed E-state index contributed by atoms with van der Waals surface area (Å²) >= 11 is 1.57. The summed E-state index contributed by atoms with van der Waals surface area (Å²) in [4.78, 5) is 47.6. The Morgan fingerprint density at radius 3 is 2.82 bits per heavy atom. The Hall–Kier alpha value is -2.22. The molecule has 7 nitrogen and oxygen atoms in total. The van der Waals surface area contributed by atoms with E-state index in [1.165, 1.54) is 0 Å². The van der Waals surface area contributed by atoms with Crippen LogP contribution >= 0.6 is 11.3 Å². The second-order valence-corrected chi connectivity index (χ2v) is 8.89. The average Bonchev–Trinajstić information content (AvgIpc) is 3.24. The number of aryl methyl sites for hydroxylation is 2. The smallest absolute Gasteiger partial charge is 0.262 e. The minimum absolute atomic E-state index is 0.000203. The Labute approximate surface area is 168 Å². The van der Waals surface area contributed by atoms with Crippen LogP contribution in [-0.2, 0) is 16.0 Å². The molecular weight excluding hydrogens is 376 g/mol. The van der Waals surface area contributed by atoms with Crippen molar-refractivity contribution in [2.75, 3.05) is 26.2 Å². The first kappa shape index (κ1) is 19.1. The molecule has 28 heavy (non-hydrogen) atoms. The van der Waals surface area contributed by atoms with E-state index < -0.39 is 0 Å². The van der Waals surface area contributed by atoms with Gasteiger partial charge in [0.2, 0.25) is 11.8 Å². The third-order valence-corrected chi connectivity index (χ3v) is 6.99. The van der Waals surface area contributed by atoms with Gasteiger partial charge in [-0.25, -0.2) is 4.98 Å². The number of carbonyl (C=O) groups is 2. The topological polar surface area (TPSA) is 75.5 Å². The quantitative estimate of drug-likeness (QED) is 0.785. The number of hydrogen-bond donors (Lipinski definition) is 0. The first-order valence-corrected chi connectivity index (χ1v) is 10.9. The van der Waals surface area contributed by atoms with Crippen molar-refractivity contribution in [2.45, 2.75) is 52.0 Å². The number of nitrogens with zero attached hydrogens (tertiary/aromatic N) is 4. The fraction of sp³-hybridized carbons (Fsp3) is 0.600. The number of amides is 2. The maximum atomic E-state index is 13.2. The van der Waals surface area contributed by atoms with Crippen LogP contribution in [0.3, 0.4) is 0 Å². The number of carbonyl (C=O) groups excluding carboxylic acids is 2. The van der Waals surface area contributed by atoms with Gasteiger partial charge in [-0.05, 0) is 38.2 Å². The molecule has 0 radical (unpaired) electrons. The molecule has 2 aliphatic rings. The summed E-state index contributed by atoms with van der Waals surface area (Å²) in [6, 6.07) is -0.0682. The van der Waals surface area contributed by atoms with E-state index >= 15 is 0 Å². The zero-order valence-electron chi connectivity index (χ0n) is 16.4. The molecule has 0 spiro atoms. The molecular formula is C20H26N4O3S. The molecule has 2 amide bonds. The average molecular weight is 403 g/mol. The standard InChI is InChI=1S/C20H26N4O3S/c1-3-15-13(2)28-19-18(15)20(27)24(12-21-19)14-6-4-8-22(10-14)17(26)11-23-9-5-7-16(23)25/h12,14H,3-11H2,1-2H3/t14-/m1/s1. The van der Waals surface area contributed by atoms with Gasteiger partial charge in [-0.3, -0.25) is 19.0 Å². The van der Waals surface area contributed by atoms with Crippen molar-refractivity contribution >= 4 is 33.4 Å². The normalized spacial score (nSPS) is 20.4. The number of likely N-dealkylation sites (tertiary alicyclic amines) is 2. The molecule has 0 unspecified atom stereocenters. The molecule has 1 atom stereocenters. The van der Waals surface area contributed by atoms with Gasteiger partial charge in [0.25, 0.3) is 5.56 Å². The Morgan fingerprint density at radius 1 is 1.29 bits per heavy atom. The zero-order chi connectivity index (χ0) is 19.8. The third-order valence-electron chi connectivity index (χ3n) is 5.93. The highest BCUT2D eigenvalue weighted by atomic mass is 32.1. The number of hydrogen-bond acceptors (Lipinski definition) is 5. The number of thiophene rings is 1. The molecule has 2 aliphatic heterocycles. The van der Waals surface area contributed by atoms with Crippen molar-refractivity contribution < 1.29 is 9.59 Å². The van der Waals surface area contributed by atoms with E-state index in [0.29, 0.717) is 26.1 Å². The van der Waals surface area contributed by atoms with Crippen LogP contribution in [-0.4, -0.2) is 57.3 Å². The fourth-order valence-corrected chi connectivity index (χ4v) is 5.47. The second-order valence-electron chi connectivity index (χ2n) is 7.68. The predicted molar refractivity (Wildman–Crippen MR) is 109 cm³/mol. The van der Waals surface area contributed by atoms with Crippen LogP contribution in [0.4, 0.5) is 0 Å². The lowest BCUT2D eigenvalue weighted by Gasteiger charge is -2.34. The van der Waals surface area contributed by atoms with Gasteiger partial charge in [0.05, 0.1) is 24.3 Å². The lowest BCUT2D eigenvalue weighted by Crippen LogP contribution is -2.47. The molecule has 8 heteroatoms. The summed E-state index contributed by atoms with van der Waals surface area (Å²) < 4.78 is 1.72. The molecule has 0 aromatic carbocycles. The third kappa shape index (κ3) is 3.34. The summed E-state index contributed by atoms with van der Waals surface area (Å²) in [5.41, 5.74) is 1.09. The minimum Gasteiger partial charge on any atom is -0.339 e. The van der Waals surface area contributed by atoms with Gasteiger partial charge in [0.1, 0.15) is 4.83 Å². The lowest BCUT2D eigenvalue weighted by atomic mass is 10.0. The highest BCUT2D eigenvalue weighted by molar-refractivity contribution is 7.18. The van der Waals surface area contributed by atoms with Crippen molar-refractivity contribution in [1.82, 2.24) is 19.4 Å². The Kier molecular flexibility index (Phi) is 5.23. The molecule has 0 bridgehead atoms. The minimum atomic E-state index is -0.0682. The molecule has 2 fully saturated rings. The van der Waals surface area contributed by atoms with Crippen LogP contribution in [0.25, 0.3) is 10.2 Å². The van der Waals surface area contributed by atoms with Gasteiger partial charge in [0, 0.05) is 30.9 Å². The Balaban J connectivity index is 1.56. The molecule has 4 rings (SSSR count). The largest absolute Gasteiger partial charge is 0.339 e. The van der Waals surface area contributed by atoms with Crippen LogP contribution < -0.4 is 5.56 Å². The van der Waals surface area contributed by atoms with Gasteiger partial charge in [0.15, 0.2) is 0 Å². The summed E-state index contributed by atoms with van der Waals surface area (Å²) in [5.74, 6) is 0.0374. The van der Waals surface area contributed by atoms with Crippen LogP contribution in [0.15, 0.2) is 11.1 Å². The lowest BCUT2D eigenvalue weighted by molar-refractivity contribution is -0.139. The predicted octanol–water partition coefficient (Wildman–Crippen LogP) is 2.11. The van der Waals surface area contributed by atoms with Gasteiger partial charge in [-0.15, -0.1) is 11.3 Å². The second kappa shape index (κ2) is 7.66. The van der Waals surface area contributed by atoms with Crippen LogP contribution in [0.5, 0.6) is 0 Å². The SMILES string of the molecule is CCc1c(C)sc2ncn([C@@H]3CCCN(C(=O)CN4CCCC4=O)C3)c(=O)c12. The monoisotopic (exact) mass is 402 g/mol. The van der Waals surface area contributed by atoms with E-state index in [1.54, 1.807) is 32.0 Å². The van der Waals surface area contributed by atoms with Crippen LogP contribution in [0.2, 0.25) is 0 Å². The first-order valence-electron chi connectivity index (χ1n) is 10.0. The number of fused-ring (bicyclic) bond motifs is 1. The zero-order valence-corrected chi connectivity index (χ0v) is 17.3. The Morgan fingerprint density at radius 2 is 2.11 bits per heavy atom. The number of aromatic nitrogens is 2. The first-order chi connectivity index (χ1) is 13.5. The van der Waals surface area contributed by atoms with Crippen LogP contribution in [0, 0.1) is 6.92 Å². The molecule has 2 aromatic heterocycles. The van der Waals surface area contributed by atoms with Gasteiger partial charge < -0.3 is 9.80 Å². The van der Waals surface area contributed by atoms with Gasteiger partial charge >= 0.3 is 0 Å². The number of piperidine rings is 1. The molecule has 2 saturated heterocycles. The molecule has 2 aromatic rings. The number of rotatable bonds is 4. The van der Waals surface area contributed by atoms with Crippen molar-refractivity contribution in [1.29, 1.82) is 0 Å². The highest BCUT2D eigenvalue weighted by Gasteiger charge is 2.29. The summed E-state index contributed by atoms with van der Waals surface area (Å²) in [7, 11) is 0. The van der Waals surface area contributed by atoms with Crippen LogP contribution in [0.1, 0.15) is 49.1 Å². The van der Waals surface area contributed by atoms with E-state index in [-0.39, 0.29) is 30.0 Å². The van der Waals surface area contributed by atoms with Crippen molar-refractivity contribution in [2.24, 2.45) is 0 Å². The highest BCUT2D eigenvalue weighted by Crippen LogP contribution is 2.28. The van der Waals surface area contributed by atoms with E-state index in [1.807, 2.05) is 6.92 Å². The summed E-state index contributed by atoms with van der Waals surface area (Å²) in [5, 5.41) is 0.735.